The maximum atomic E-state index is 14.0. The molecule has 1 aromatic rings. The average Bonchev–Trinajstić information content (AvgIpc) is 3.58. The van der Waals surface area contributed by atoms with Crippen LogP contribution in [-0.4, -0.2) is 120 Å². The van der Waals surface area contributed by atoms with Crippen LogP contribution in [0.15, 0.2) is 30.3 Å². The monoisotopic (exact) mass is 732 g/mol. The van der Waals surface area contributed by atoms with Gasteiger partial charge < -0.3 is 40.1 Å². The van der Waals surface area contributed by atoms with Crippen LogP contribution in [-0.2, 0) is 44.7 Å². The summed E-state index contributed by atoms with van der Waals surface area (Å²) in [5.74, 6) is -4.67. The van der Waals surface area contributed by atoms with Crippen LogP contribution in [0, 0.1) is 17.8 Å². The SMILES string of the molecule is CCC(C)C(C(CC(=O)N1CCCC1C(OC)C(C)C(=O)NC(Cc1ccccc1)C(=O)NC(CCC(=O)O)C(=O)O)OC)N(C)C(=O)CC(C)C. The first-order valence-corrected chi connectivity index (χ1v) is 18.3. The van der Waals surface area contributed by atoms with Crippen molar-refractivity contribution in [3.05, 3.63) is 35.9 Å². The summed E-state index contributed by atoms with van der Waals surface area (Å²) in [7, 11) is 4.78. The number of ether oxygens (including phenoxy) is 2. The van der Waals surface area contributed by atoms with E-state index in [-0.39, 0.29) is 49.0 Å². The molecule has 1 heterocycles. The third-order valence-corrected chi connectivity index (χ3v) is 10.1. The van der Waals surface area contributed by atoms with E-state index in [1.807, 2.05) is 27.7 Å². The Morgan fingerprint density at radius 1 is 0.923 bits per heavy atom. The number of nitrogens with zero attached hydrogens (tertiary/aromatic N) is 2. The number of carbonyl (C=O) groups is 6. The molecule has 1 aromatic carbocycles. The Bertz CT molecular complexity index is 1340. The Labute approximate surface area is 308 Å². The van der Waals surface area contributed by atoms with E-state index in [4.69, 9.17) is 14.6 Å². The second kappa shape index (κ2) is 21.5. The molecule has 0 aliphatic carbocycles. The highest BCUT2D eigenvalue weighted by Crippen LogP contribution is 2.29. The molecule has 0 bridgehead atoms. The van der Waals surface area contributed by atoms with Gasteiger partial charge in [0, 0.05) is 47.1 Å². The van der Waals surface area contributed by atoms with E-state index in [1.54, 1.807) is 61.2 Å². The first-order chi connectivity index (χ1) is 24.6. The Balaban J connectivity index is 2.28. The van der Waals surface area contributed by atoms with Crippen molar-refractivity contribution in [2.75, 3.05) is 27.8 Å². The van der Waals surface area contributed by atoms with Crippen LogP contribution in [0.5, 0.6) is 0 Å². The second-order valence-corrected chi connectivity index (χ2v) is 14.3. The van der Waals surface area contributed by atoms with Gasteiger partial charge in [0.1, 0.15) is 12.1 Å². The fourth-order valence-electron chi connectivity index (χ4n) is 6.98. The van der Waals surface area contributed by atoms with Gasteiger partial charge in [-0.05, 0) is 36.7 Å². The predicted molar refractivity (Wildman–Crippen MR) is 194 cm³/mol. The summed E-state index contributed by atoms with van der Waals surface area (Å²) in [5, 5.41) is 23.8. The molecule has 1 aliphatic heterocycles. The third-order valence-electron chi connectivity index (χ3n) is 10.1. The summed E-state index contributed by atoms with van der Waals surface area (Å²) in [6.07, 6.45) is 0.423. The van der Waals surface area contributed by atoms with Gasteiger partial charge in [0.15, 0.2) is 0 Å². The molecule has 0 aromatic heterocycles. The van der Waals surface area contributed by atoms with Gasteiger partial charge in [0.05, 0.1) is 36.6 Å². The zero-order valence-electron chi connectivity index (χ0n) is 32.0. The third kappa shape index (κ3) is 12.9. The normalized spacial score (nSPS) is 18.4. The van der Waals surface area contributed by atoms with Gasteiger partial charge in [-0.25, -0.2) is 4.79 Å². The predicted octanol–water partition coefficient (Wildman–Crippen LogP) is 3.11. The molecule has 14 heteroatoms. The number of benzene rings is 1. The number of carboxylic acids is 2. The smallest absolute Gasteiger partial charge is 0.326 e. The molecule has 0 saturated carbocycles. The first kappa shape index (κ1) is 44.1. The highest BCUT2D eigenvalue weighted by Gasteiger charge is 2.42. The van der Waals surface area contributed by atoms with E-state index in [0.29, 0.717) is 31.4 Å². The van der Waals surface area contributed by atoms with E-state index < -0.39 is 66.4 Å². The molecule has 8 unspecified atom stereocenters. The van der Waals surface area contributed by atoms with Gasteiger partial charge in [0.25, 0.3) is 0 Å². The van der Waals surface area contributed by atoms with Crippen LogP contribution >= 0.6 is 0 Å². The summed E-state index contributed by atoms with van der Waals surface area (Å²) >= 11 is 0. The minimum absolute atomic E-state index is 0.00822. The number of likely N-dealkylation sites (N-methyl/N-ethyl adjacent to an activating group) is 1. The summed E-state index contributed by atoms with van der Waals surface area (Å²) in [4.78, 5) is 80.7. The van der Waals surface area contributed by atoms with Gasteiger partial charge in [-0.15, -0.1) is 0 Å². The van der Waals surface area contributed by atoms with Crippen molar-refractivity contribution in [1.82, 2.24) is 20.4 Å². The van der Waals surface area contributed by atoms with Crippen molar-refractivity contribution in [1.29, 1.82) is 0 Å². The fourth-order valence-corrected chi connectivity index (χ4v) is 6.98. The Morgan fingerprint density at radius 2 is 1.56 bits per heavy atom. The van der Waals surface area contributed by atoms with E-state index >= 15 is 0 Å². The number of likely N-dealkylation sites (tertiary alicyclic amines) is 1. The lowest BCUT2D eigenvalue weighted by molar-refractivity contribution is -0.146. The van der Waals surface area contributed by atoms with Gasteiger partial charge in [-0.2, -0.15) is 0 Å². The molecule has 4 amide bonds. The maximum absolute atomic E-state index is 14.0. The first-order valence-electron chi connectivity index (χ1n) is 18.3. The number of aliphatic carboxylic acids is 2. The number of carbonyl (C=O) groups excluding carboxylic acids is 4. The topological polar surface area (TPSA) is 192 Å². The Hall–Kier alpha value is -4.04. The van der Waals surface area contributed by atoms with Crippen LogP contribution in [0.2, 0.25) is 0 Å². The maximum Gasteiger partial charge on any atom is 0.326 e. The van der Waals surface area contributed by atoms with Crippen LogP contribution in [0.4, 0.5) is 0 Å². The van der Waals surface area contributed by atoms with E-state index in [2.05, 4.69) is 10.6 Å². The van der Waals surface area contributed by atoms with Gasteiger partial charge in [-0.1, -0.05) is 71.4 Å². The molecule has 1 aliphatic rings. The fraction of sp³-hybridized carbons (Fsp3) is 0.684. The van der Waals surface area contributed by atoms with Crippen LogP contribution < -0.4 is 10.6 Å². The molecular weight excluding hydrogens is 672 g/mol. The van der Waals surface area contributed by atoms with Gasteiger partial charge in [0.2, 0.25) is 23.6 Å². The lowest BCUT2D eigenvalue weighted by Gasteiger charge is -2.39. The lowest BCUT2D eigenvalue weighted by Crippen LogP contribution is -2.56. The van der Waals surface area contributed by atoms with Crippen molar-refractivity contribution >= 4 is 35.6 Å². The van der Waals surface area contributed by atoms with Gasteiger partial charge >= 0.3 is 11.9 Å². The van der Waals surface area contributed by atoms with Crippen molar-refractivity contribution < 1.29 is 48.5 Å². The van der Waals surface area contributed by atoms with Crippen LogP contribution in [0.25, 0.3) is 0 Å². The van der Waals surface area contributed by atoms with Gasteiger partial charge in [-0.3, -0.25) is 24.0 Å². The average molecular weight is 733 g/mol. The Morgan fingerprint density at radius 3 is 2.10 bits per heavy atom. The molecule has 0 radical (unpaired) electrons. The van der Waals surface area contributed by atoms with Crippen LogP contribution in [0.3, 0.4) is 0 Å². The van der Waals surface area contributed by atoms with Crippen molar-refractivity contribution in [2.45, 2.75) is 122 Å². The highest BCUT2D eigenvalue weighted by molar-refractivity contribution is 5.91. The van der Waals surface area contributed by atoms with E-state index in [0.717, 1.165) is 6.42 Å². The molecule has 52 heavy (non-hydrogen) atoms. The molecule has 8 atom stereocenters. The number of hydrogen-bond donors (Lipinski definition) is 4. The lowest BCUT2D eigenvalue weighted by atomic mass is 9.90. The summed E-state index contributed by atoms with van der Waals surface area (Å²) in [6.45, 7) is 10.2. The second-order valence-electron chi connectivity index (χ2n) is 14.3. The summed E-state index contributed by atoms with van der Waals surface area (Å²) in [6, 6.07) is 5.46. The molecular formula is C38H60N4O10. The standard InChI is InChI=1S/C38H60N4O10/c1-9-24(4)34(41(6)31(43)20-23(2)3)30(51-7)22-32(44)42-19-13-16-29(42)35(52-8)25(5)36(47)40-28(21-26-14-11-10-12-15-26)37(48)39-27(38(49)50)17-18-33(45)46/h10-12,14-15,23-25,27-30,34-35H,9,13,16-22H2,1-8H3,(H,39,48)(H,40,47)(H,45,46)(H,49,50). The minimum atomic E-state index is -1.47. The zero-order valence-corrected chi connectivity index (χ0v) is 32.0. The quantitative estimate of drug-likeness (QED) is 0.138. The number of amides is 4. The molecule has 4 N–H and O–H groups in total. The zero-order chi connectivity index (χ0) is 39.1. The molecule has 292 valence electrons. The van der Waals surface area contributed by atoms with Crippen molar-refractivity contribution in [3.63, 3.8) is 0 Å². The molecule has 2 rings (SSSR count). The molecule has 1 saturated heterocycles. The summed E-state index contributed by atoms with van der Waals surface area (Å²) < 4.78 is 11.8. The molecule has 0 spiro atoms. The van der Waals surface area contributed by atoms with E-state index in [9.17, 15) is 33.9 Å². The number of hydrogen-bond acceptors (Lipinski definition) is 8. The van der Waals surface area contributed by atoms with E-state index in [1.165, 1.54) is 7.11 Å². The van der Waals surface area contributed by atoms with Crippen molar-refractivity contribution in [3.8, 4) is 0 Å². The summed E-state index contributed by atoms with van der Waals surface area (Å²) in [5.41, 5.74) is 0.712. The number of nitrogens with one attached hydrogen (secondary N) is 2. The van der Waals surface area contributed by atoms with Crippen molar-refractivity contribution in [2.24, 2.45) is 17.8 Å². The molecule has 14 nitrogen and oxygen atoms in total. The highest BCUT2D eigenvalue weighted by atomic mass is 16.5. The minimum Gasteiger partial charge on any atom is -0.481 e. The Kier molecular flexibility index (Phi) is 18.2. The van der Waals surface area contributed by atoms with Crippen LogP contribution in [0.1, 0.15) is 85.1 Å². The largest absolute Gasteiger partial charge is 0.481 e. The number of methoxy groups -OCH3 is 2. The molecule has 1 fully saturated rings. The number of rotatable bonds is 22. The number of carboxylic acid groups (broad SMARTS) is 2.